The zero-order valence-corrected chi connectivity index (χ0v) is 20.2. The van der Waals surface area contributed by atoms with E-state index in [-0.39, 0.29) is 10.6 Å². The van der Waals surface area contributed by atoms with Gasteiger partial charge < -0.3 is 5.32 Å². The van der Waals surface area contributed by atoms with Gasteiger partial charge in [0.25, 0.3) is 10.0 Å². The second-order valence-electron chi connectivity index (χ2n) is 7.05. The van der Waals surface area contributed by atoms with Crippen LogP contribution in [0.1, 0.15) is 11.1 Å². The molecule has 0 unspecified atom stereocenters. The summed E-state index contributed by atoms with van der Waals surface area (Å²) < 4.78 is 67.6. The summed E-state index contributed by atoms with van der Waals surface area (Å²) in [6, 6.07) is 14.2. The van der Waals surface area contributed by atoms with Crippen LogP contribution in [0, 0.1) is 6.92 Å². The molecule has 0 atom stereocenters. The summed E-state index contributed by atoms with van der Waals surface area (Å²) in [5, 5.41) is 2.83. The third-order valence-corrected chi connectivity index (χ3v) is 7.58. The van der Waals surface area contributed by atoms with Gasteiger partial charge in [0.1, 0.15) is 6.54 Å². The van der Waals surface area contributed by atoms with Crippen molar-refractivity contribution < 1.29 is 26.4 Å². The topological polar surface area (TPSA) is 66.5 Å². The molecule has 0 saturated carbocycles. The zero-order valence-electron chi connectivity index (χ0n) is 17.0. The number of anilines is 2. The highest BCUT2D eigenvalue weighted by Crippen LogP contribution is 2.33. The van der Waals surface area contributed by atoms with Gasteiger partial charge in [-0.15, -0.1) is 0 Å². The Morgan fingerprint density at radius 1 is 1.06 bits per heavy atom. The quantitative estimate of drug-likeness (QED) is 0.386. The van der Waals surface area contributed by atoms with Crippen LogP contribution >= 0.6 is 27.5 Å². The monoisotopic (exact) mass is 560 g/mol. The van der Waals surface area contributed by atoms with Gasteiger partial charge in [0.2, 0.25) is 5.91 Å². The van der Waals surface area contributed by atoms with Crippen LogP contribution < -0.4 is 9.62 Å². The number of nitrogens with zero attached hydrogens (tertiary/aromatic N) is 1. The fraction of sp³-hybridized carbons (Fsp3) is 0.136. The Labute approximate surface area is 202 Å². The fourth-order valence-corrected chi connectivity index (χ4v) is 4.73. The van der Waals surface area contributed by atoms with Crippen LogP contribution in [0.15, 0.2) is 76.1 Å². The smallest absolute Gasteiger partial charge is 0.324 e. The van der Waals surface area contributed by atoms with Crippen molar-refractivity contribution >= 4 is 54.8 Å². The summed E-state index contributed by atoms with van der Waals surface area (Å²) in [4.78, 5) is 12.6. The normalized spacial score (nSPS) is 11.8. The number of hydrogen-bond donors (Lipinski definition) is 1. The number of rotatable bonds is 6. The first kappa shape index (κ1) is 25.1. The van der Waals surface area contributed by atoms with Crippen molar-refractivity contribution in [2.45, 2.75) is 18.0 Å². The van der Waals surface area contributed by atoms with Crippen LogP contribution in [-0.4, -0.2) is 20.9 Å². The maximum Gasteiger partial charge on any atom is 0.416 e. The molecule has 3 rings (SSSR count). The molecule has 3 aromatic carbocycles. The van der Waals surface area contributed by atoms with Gasteiger partial charge in [0, 0.05) is 10.2 Å². The molecule has 0 radical (unpaired) electrons. The molecule has 0 aromatic heterocycles. The van der Waals surface area contributed by atoms with Gasteiger partial charge in [-0.2, -0.15) is 13.2 Å². The Kier molecular flexibility index (Phi) is 7.40. The molecule has 11 heteroatoms. The fourth-order valence-electron chi connectivity index (χ4n) is 2.89. The third kappa shape index (κ3) is 6.07. The van der Waals surface area contributed by atoms with Crippen molar-refractivity contribution in [3.05, 3.63) is 87.4 Å². The predicted octanol–water partition coefficient (Wildman–Crippen LogP) is 6.26. The van der Waals surface area contributed by atoms with Gasteiger partial charge in [-0.1, -0.05) is 35.4 Å². The average molecular weight is 562 g/mol. The largest absolute Gasteiger partial charge is 0.416 e. The van der Waals surface area contributed by atoms with E-state index < -0.39 is 34.2 Å². The first-order valence-electron chi connectivity index (χ1n) is 9.39. The number of amides is 1. The zero-order chi connectivity index (χ0) is 24.4. The number of alkyl halides is 3. The SMILES string of the molecule is Cc1ccc(S(=O)(=O)N(CC(=O)Nc2ccc(Br)c(Cl)c2)c2cccc(C(F)(F)F)c2)cc1. The number of hydrogen-bond acceptors (Lipinski definition) is 3. The number of benzene rings is 3. The van der Waals surface area contributed by atoms with Crippen molar-refractivity contribution in [2.24, 2.45) is 0 Å². The minimum atomic E-state index is -4.69. The van der Waals surface area contributed by atoms with Gasteiger partial charge in [0.05, 0.1) is 21.2 Å². The van der Waals surface area contributed by atoms with Crippen LogP contribution in [0.5, 0.6) is 0 Å². The molecule has 0 heterocycles. The lowest BCUT2D eigenvalue weighted by Crippen LogP contribution is -2.38. The number of sulfonamides is 1. The number of aryl methyl sites for hydroxylation is 1. The molecular weight excluding hydrogens is 545 g/mol. The van der Waals surface area contributed by atoms with Crippen LogP contribution in [0.4, 0.5) is 24.5 Å². The van der Waals surface area contributed by atoms with Crippen LogP contribution in [0.3, 0.4) is 0 Å². The molecule has 174 valence electrons. The molecule has 5 nitrogen and oxygen atoms in total. The van der Waals surface area contributed by atoms with E-state index in [1.54, 1.807) is 25.1 Å². The molecule has 0 aliphatic rings. The summed E-state index contributed by atoms with van der Waals surface area (Å²) in [5.41, 5.74) is -0.243. The lowest BCUT2D eigenvalue weighted by molar-refractivity contribution is -0.137. The summed E-state index contributed by atoms with van der Waals surface area (Å²) in [7, 11) is -4.36. The molecule has 0 aliphatic heterocycles. The van der Waals surface area contributed by atoms with Crippen molar-refractivity contribution in [2.75, 3.05) is 16.2 Å². The van der Waals surface area contributed by atoms with E-state index in [0.717, 1.165) is 17.7 Å². The van der Waals surface area contributed by atoms with Gasteiger partial charge in [-0.05, 0) is 71.4 Å². The summed E-state index contributed by atoms with van der Waals surface area (Å²) in [6.07, 6.45) is -4.69. The second kappa shape index (κ2) is 9.74. The molecule has 1 amide bonds. The number of carbonyl (C=O) groups excluding carboxylic acids is 1. The van der Waals surface area contributed by atoms with Crippen LogP contribution in [0.2, 0.25) is 5.02 Å². The standard InChI is InChI=1S/C22H17BrClF3N2O3S/c1-14-5-8-18(9-6-14)33(31,32)29(17-4-2-3-15(11-17)22(25,26)27)13-21(30)28-16-7-10-19(23)20(24)12-16/h2-12H,13H2,1H3,(H,28,30). The number of nitrogens with one attached hydrogen (secondary N) is 1. The Balaban J connectivity index is 2.00. The molecule has 0 bridgehead atoms. The molecular formula is C22H17BrClF3N2O3S. The third-order valence-electron chi connectivity index (χ3n) is 4.56. The van der Waals surface area contributed by atoms with E-state index in [1.165, 1.54) is 30.3 Å². The molecule has 0 saturated heterocycles. The van der Waals surface area contributed by atoms with Crippen LogP contribution in [0.25, 0.3) is 0 Å². The molecule has 0 fully saturated rings. The van der Waals surface area contributed by atoms with E-state index in [9.17, 15) is 26.4 Å². The highest BCUT2D eigenvalue weighted by atomic mass is 79.9. The number of halogens is 5. The maximum atomic E-state index is 13.3. The number of carbonyl (C=O) groups is 1. The summed E-state index contributed by atoms with van der Waals surface area (Å²) in [5.74, 6) is -0.763. The van der Waals surface area contributed by atoms with Crippen LogP contribution in [-0.2, 0) is 21.0 Å². The molecule has 33 heavy (non-hydrogen) atoms. The summed E-state index contributed by atoms with van der Waals surface area (Å²) >= 11 is 9.24. The maximum absolute atomic E-state index is 13.3. The highest BCUT2D eigenvalue weighted by Gasteiger charge is 2.33. The second-order valence-corrected chi connectivity index (χ2v) is 10.2. The van der Waals surface area contributed by atoms with Crippen molar-refractivity contribution in [1.29, 1.82) is 0 Å². The van der Waals surface area contributed by atoms with E-state index >= 15 is 0 Å². The first-order chi connectivity index (χ1) is 15.4. The van der Waals surface area contributed by atoms with Crippen molar-refractivity contribution in [3.8, 4) is 0 Å². The minimum Gasteiger partial charge on any atom is -0.324 e. The minimum absolute atomic E-state index is 0.162. The Bertz CT molecular complexity index is 1280. The van der Waals surface area contributed by atoms with Crippen molar-refractivity contribution in [3.63, 3.8) is 0 Å². The average Bonchev–Trinajstić information content (AvgIpc) is 2.74. The summed E-state index contributed by atoms with van der Waals surface area (Å²) in [6.45, 7) is 1.00. The van der Waals surface area contributed by atoms with E-state index in [4.69, 9.17) is 11.6 Å². The van der Waals surface area contributed by atoms with Gasteiger partial charge in [-0.25, -0.2) is 8.42 Å². The van der Waals surface area contributed by atoms with E-state index in [0.29, 0.717) is 25.6 Å². The molecule has 0 spiro atoms. The van der Waals surface area contributed by atoms with Gasteiger partial charge in [0.15, 0.2) is 0 Å². The van der Waals surface area contributed by atoms with Crippen molar-refractivity contribution in [1.82, 2.24) is 0 Å². The lowest BCUT2D eigenvalue weighted by atomic mass is 10.2. The molecule has 0 aliphatic carbocycles. The predicted molar refractivity (Wildman–Crippen MR) is 125 cm³/mol. The van der Waals surface area contributed by atoms with Gasteiger partial charge in [-0.3, -0.25) is 9.10 Å². The Hall–Kier alpha value is -2.56. The molecule has 3 aromatic rings. The van der Waals surface area contributed by atoms with E-state index in [1.807, 2.05) is 0 Å². The lowest BCUT2D eigenvalue weighted by Gasteiger charge is -2.25. The first-order valence-corrected chi connectivity index (χ1v) is 12.0. The van der Waals surface area contributed by atoms with Gasteiger partial charge >= 0.3 is 6.18 Å². The molecule has 1 N–H and O–H groups in total. The Morgan fingerprint density at radius 2 is 1.73 bits per heavy atom. The highest BCUT2D eigenvalue weighted by molar-refractivity contribution is 9.10. The van der Waals surface area contributed by atoms with E-state index in [2.05, 4.69) is 21.2 Å². The Morgan fingerprint density at radius 3 is 2.33 bits per heavy atom.